The summed E-state index contributed by atoms with van der Waals surface area (Å²) in [7, 11) is -0.579. The highest BCUT2D eigenvalue weighted by molar-refractivity contribution is 7.76. The Balaban J connectivity index is 1.74. The summed E-state index contributed by atoms with van der Waals surface area (Å²) in [5, 5.41) is 2.85. The molecule has 0 aromatic heterocycles. The van der Waals surface area contributed by atoms with Crippen LogP contribution in [0.15, 0.2) is 133 Å². The van der Waals surface area contributed by atoms with Crippen LogP contribution in [0.1, 0.15) is 22.3 Å². The van der Waals surface area contributed by atoms with Crippen LogP contribution < -0.4 is 5.30 Å². The number of hydrogen-bond acceptors (Lipinski definition) is 0. The predicted octanol–water partition coefficient (Wildman–Crippen LogP) is 7.67. The average Bonchev–Trinajstić information content (AvgIpc) is 2.85. The summed E-state index contributed by atoms with van der Waals surface area (Å²) in [6, 6.07) is 43.6. The van der Waals surface area contributed by atoms with Gasteiger partial charge in [-0.05, 0) is 46.9 Å². The minimum absolute atomic E-state index is 0.332. The molecule has 144 valence electrons. The van der Waals surface area contributed by atoms with Crippen molar-refractivity contribution in [1.29, 1.82) is 0 Å². The van der Waals surface area contributed by atoms with Gasteiger partial charge >= 0.3 is 0 Å². The predicted molar refractivity (Wildman–Crippen MR) is 131 cm³/mol. The fourth-order valence-corrected chi connectivity index (χ4v) is 6.96. The van der Waals surface area contributed by atoms with Crippen molar-refractivity contribution in [2.75, 3.05) is 0 Å². The topological polar surface area (TPSA) is 0 Å². The van der Waals surface area contributed by atoms with Gasteiger partial charge in [0.2, 0.25) is 0 Å². The lowest BCUT2D eigenvalue weighted by atomic mass is 10.00. The molecule has 1 heteroatoms. The van der Waals surface area contributed by atoms with Gasteiger partial charge in [0, 0.05) is 5.66 Å². The van der Waals surface area contributed by atoms with E-state index in [1.54, 1.807) is 0 Å². The van der Waals surface area contributed by atoms with E-state index in [9.17, 15) is 0 Å². The van der Waals surface area contributed by atoms with Gasteiger partial charge in [0.1, 0.15) is 0 Å². The van der Waals surface area contributed by atoms with Gasteiger partial charge in [-0.3, -0.25) is 0 Å². The summed E-state index contributed by atoms with van der Waals surface area (Å²) in [5.41, 5.74) is 5.60. The van der Waals surface area contributed by atoms with E-state index in [-0.39, 0.29) is 0 Å². The number of benzene rings is 4. The number of hydrogen-bond donors (Lipinski definition) is 0. The van der Waals surface area contributed by atoms with E-state index >= 15 is 0 Å². The van der Waals surface area contributed by atoms with Crippen LogP contribution in [-0.4, -0.2) is 0 Å². The first-order chi connectivity index (χ1) is 14.9. The standard InChI is InChI=1S/C29H23P/c1-5-13-23(14-6-1)26-21-28(24-15-7-2-8-16-24)30(27-19-11-4-12-20-27)29(22-26)25-17-9-3-10-18-25/h1-22,28H. The Labute approximate surface area is 180 Å². The van der Waals surface area contributed by atoms with Crippen LogP contribution in [0.2, 0.25) is 0 Å². The molecule has 1 aliphatic heterocycles. The van der Waals surface area contributed by atoms with Crippen LogP contribution in [0.25, 0.3) is 10.9 Å². The molecule has 0 fully saturated rings. The van der Waals surface area contributed by atoms with Gasteiger partial charge in [0.25, 0.3) is 0 Å². The lowest BCUT2D eigenvalue weighted by Crippen LogP contribution is -2.11. The molecule has 5 rings (SSSR count). The van der Waals surface area contributed by atoms with Crippen molar-refractivity contribution in [3.05, 3.63) is 150 Å². The van der Waals surface area contributed by atoms with E-state index in [1.807, 2.05) is 0 Å². The Bertz CT molecular complexity index is 1160. The first-order valence-corrected chi connectivity index (χ1v) is 11.7. The maximum absolute atomic E-state index is 2.48. The lowest BCUT2D eigenvalue weighted by Gasteiger charge is -2.33. The Morgan fingerprint density at radius 1 is 0.500 bits per heavy atom. The summed E-state index contributed by atoms with van der Waals surface area (Å²) in [4.78, 5) is 0. The van der Waals surface area contributed by atoms with Crippen molar-refractivity contribution in [3.8, 4) is 0 Å². The molecule has 0 bridgehead atoms. The van der Waals surface area contributed by atoms with Gasteiger partial charge in [0.05, 0.1) is 0 Å². The molecule has 0 amide bonds. The van der Waals surface area contributed by atoms with Crippen molar-refractivity contribution in [2.24, 2.45) is 0 Å². The molecule has 2 atom stereocenters. The van der Waals surface area contributed by atoms with E-state index in [2.05, 4.69) is 133 Å². The first kappa shape index (κ1) is 18.8. The van der Waals surface area contributed by atoms with E-state index in [4.69, 9.17) is 0 Å². The summed E-state index contributed by atoms with van der Waals surface area (Å²) in [6.45, 7) is 0. The fraction of sp³-hybridized carbons (Fsp3) is 0.0345. The van der Waals surface area contributed by atoms with Crippen molar-refractivity contribution in [3.63, 3.8) is 0 Å². The highest BCUT2D eigenvalue weighted by Gasteiger charge is 2.30. The van der Waals surface area contributed by atoms with Crippen molar-refractivity contribution >= 4 is 24.1 Å². The second-order valence-electron chi connectivity index (χ2n) is 7.44. The molecular weight excluding hydrogens is 379 g/mol. The third kappa shape index (κ3) is 3.80. The maximum Gasteiger partial charge on any atom is 0.0311 e. The van der Waals surface area contributed by atoms with Crippen molar-refractivity contribution < 1.29 is 0 Å². The van der Waals surface area contributed by atoms with Crippen LogP contribution >= 0.6 is 7.92 Å². The monoisotopic (exact) mass is 402 g/mol. The third-order valence-electron chi connectivity index (χ3n) is 5.52. The zero-order valence-corrected chi connectivity index (χ0v) is 17.6. The Kier molecular flexibility index (Phi) is 5.42. The smallest absolute Gasteiger partial charge is 0.0311 e. The molecule has 0 N–H and O–H groups in total. The summed E-state index contributed by atoms with van der Waals surface area (Å²) in [5.74, 6) is 0. The fourth-order valence-electron chi connectivity index (χ4n) is 4.08. The number of allylic oxidation sites excluding steroid dienone is 3. The van der Waals surface area contributed by atoms with E-state index in [1.165, 1.54) is 32.9 Å². The highest BCUT2D eigenvalue weighted by Crippen LogP contribution is 2.64. The summed E-state index contributed by atoms with van der Waals surface area (Å²) < 4.78 is 0. The molecule has 1 heterocycles. The van der Waals surface area contributed by atoms with Crippen molar-refractivity contribution in [1.82, 2.24) is 0 Å². The molecule has 30 heavy (non-hydrogen) atoms. The molecule has 2 unspecified atom stereocenters. The zero-order chi connectivity index (χ0) is 20.2. The third-order valence-corrected chi connectivity index (χ3v) is 8.28. The quantitative estimate of drug-likeness (QED) is 0.307. The van der Waals surface area contributed by atoms with E-state index in [0.717, 1.165) is 0 Å². The van der Waals surface area contributed by atoms with Crippen LogP contribution in [0.5, 0.6) is 0 Å². The molecule has 0 saturated carbocycles. The maximum atomic E-state index is 2.48. The Morgan fingerprint density at radius 2 is 1.00 bits per heavy atom. The number of rotatable bonds is 4. The minimum Gasteiger partial charge on any atom is -0.0642 e. The van der Waals surface area contributed by atoms with Crippen molar-refractivity contribution in [2.45, 2.75) is 5.66 Å². The minimum atomic E-state index is -0.579. The summed E-state index contributed by atoms with van der Waals surface area (Å²) in [6.07, 6.45) is 4.90. The van der Waals surface area contributed by atoms with E-state index in [0.29, 0.717) is 5.66 Å². The molecule has 0 spiro atoms. The SMILES string of the molecule is C1=C(c2ccccc2)C=C(c2ccccc2)P(c2ccccc2)C1c1ccccc1. The molecule has 0 radical (unpaired) electrons. The molecule has 4 aromatic carbocycles. The van der Waals surface area contributed by atoms with Crippen LogP contribution in [0.4, 0.5) is 0 Å². The van der Waals surface area contributed by atoms with Crippen LogP contribution in [0, 0.1) is 0 Å². The normalized spacial score (nSPS) is 18.4. The molecule has 4 aromatic rings. The van der Waals surface area contributed by atoms with E-state index < -0.39 is 7.92 Å². The van der Waals surface area contributed by atoms with Gasteiger partial charge in [-0.1, -0.05) is 127 Å². The first-order valence-electron chi connectivity index (χ1n) is 10.3. The largest absolute Gasteiger partial charge is 0.0642 e. The van der Waals surface area contributed by atoms with Gasteiger partial charge in [-0.15, -0.1) is 0 Å². The van der Waals surface area contributed by atoms with Gasteiger partial charge in [0.15, 0.2) is 0 Å². The Hall–Kier alpha value is -3.21. The van der Waals surface area contributed by atoms with Crippen LogP contribution in [-0.2, 0) is 0 Å². The van der Waals surface area contributed by atoms with Crippen LogP contribution in [0.3, 0.4) is 0 Å². The van der Waals surface area contributed by atoms with Gasteiger partial charge in [-0.2, -0.15) is 0 Å². The zero-order valence-electron chi connectivity index (χ0n) is 16.7. The molecule has 1 aliphatic rings. The highest BCUT2D eigenvalue weighted by atomic mass is 31.1. The van der Waals surface area contributed by atoms with Gasteiger partial charge < -0.3 is 0 Å². The Morgan fingerprint density at radius 3 is 1.60 bits per heavy atom. The summed E-state index contributed by atoms with van der Waals surface area (Å²) >= 11 is 0. The second kappa shape index (κ2) is 8.66. The van der Waals surface area contributed by atoms with Gasteiger partial charge in [-0.25, -0.2) is 0 Å². The average molecular weight is 402 g/mol. The lowest BCUT2D eigenvalue weighted by molar-refractivity contribution is 1.21. The molecular formula is C29H23P. The molecule has 0 aliphatic carbocycles. The molecule has 0 nitrogen and oxygen atoms in total. The second-order valence-corrected chi connectivity index (χ2v) is 9.74. The molecule has 0 saturated heterocycles.